The molecule has 5 heteroatoms. The Bertz CT molecular complexity index is 475. The lowest BCUT2D eigenvalue weighted by Crippen LogP contribution is -2.33. The Kier molecular flexibility index (Phi) is 4.92. The highest BCUT2D eigenvalue weighted by atomic mass is 79.9. The summed E-state index contributed by atoms with van der Waals surface area (Å²) in [5.41, 5.74) is 2.06. The molecule has 1 N–H and O–H groups in total. The maximum atomic E-state index is 10.7. The molecule has 0 amide bonds. The van der Waals surface area contributed by atoms with E-state index in [1.807, 2.05) is 11.6 Å². The number of rotatable bonds is 4. The van der Waals surface area contributed by atoms with Crippen LogP contribution in [0, 0.1) is 18.8 Å². The van der Waals surface area contributed by atoms with E-state index < -0.39 is 6.10 Å². The molecule has 0 radical (unpaired) electrons. The minimum atomic E-state index is -0.400. The van der Waals surface area contributed by atoms with Crippen LogP contribution in [-0.4, -0.2) is 33.2 Å². The first-order valence-electron chi connectivity index (χ1n) is 7.42. The quantitative estimate of drug-likeness (QED) is 0.913. The maximum Gasteiger partial charge on any atom is 0.0738 e. The van der Waals surface area contributed by atoms with Crippen LogP contribution in [0.4, 0.5) is 0 Å². The standard InChI is InChI=1S/C15H25BrN2O2/c1-6-18-12(15(16)9(3)17-18)7-13(19)14-8(2)10(4)20-11(14)5/h8,10-11,13-14,19H,6-7H2,1-5H3. The Labute approximate surface area is 129 Å². The van der Waals surface area contributed by atoms with E-state index in [1.54, 1.807) is 0 Å². The van der Waals surface area contributed by atoms with Gasteiger partial charge in [-0.3, -0.25) is 4.68 Å². The average molecular weight is 345 g/mol. The van der Waals surface area contributed by atoms with Crippen LogP contribution in [0.15, 0.2) is 4.47 Å². The van der Waals surface area contributed by atoms with Gasteiger partial charge in [0, 0.05) is 18.9 Å². The van der Waals surface area contributed by atoms with Crippen LogP contribution in [-0.2, 0) is 17.7 Å². The van der Waals surface area contributed by atoms with Crippen LogP contribution in [0.3, 0.4) is 0 Å². The van der Waals surface area contributed by atoms with Crippen LogP contribution in [0.5, 0.6) is 0 Å². The summed E-state index contributed by atoms with van der Waals surface area (Å²) in [6, 6.07) is 0. The van der Waals surface area contributed by atoms with Gasteiger partial charge in [0.1, 0.15) is 0 Å². The third kappa shape index (κ3) is 2.81. The molecule has 5 atom stereocenters. The molecule has 1 aliphatic heterocycles. The van der Waals surface area contributed by atoms with E-state index in [9.17, 15) is 5.11 Å². The number of ether oxygens (including phenoxy) is 1. The summed E-state index contributed by atoms with van der Waals surface area (Å²) >= 11 is 3.60. The van der Waals surface area contributed by atoms with Crippen LogP contribution in [0.1, 0.15) is 39.1 Å². The Morgan fingerprint density at radius 2 is 2.00 bits per heavy atom. The molecule has 1 fully saturated rings. The normalized spacial score (nSPS) is 31.8. The van der Waals surface area contributed by atoms with E-state index in [0.717, 1.165) is 22.4 Å². The molecule has 0 spiro atoms. The molecule has 20 heavy (non-hydrogen) atoms. The molecule has 2 heterocycles. The van der Waals surface area contributed by atoms with Crippen LogP contribution in [0.2, 0.25) is 0 Å². The fraction of sp³-hybridized carbons (Fsp3) is 0.800. The molecule has 0 aromatic carbocycles. The van der Waals surface area contributed by atoms with Gasteiger partial charge in [0.25, 0.3) is 0 Å². The second-order valence-electron chi connectivity index (χ2n) is 5.92. The summed E-state index contributed by atoms with van der Waals surface area (Å²) in [5, 5.41) is 15.2. The largest absolute Gasteiger partial charge is 0.392 e. The van der Waals surface area contributed by atoms with Gasteiger partial charge in [-0.25, -0.2) is 0 Å². The van der Waals surface area contributed by atoms with Crippen molar-refractivity contribution in [3.05, 3.63) is 15.9 Å². The van der Waals surface area contributed by atoms with Crippen molar-refractivity contribution < 1.29 is 9.84 Å². The van der Waals surface area contributed by atoms with Crippen molar-refractivity contribution in [2.75, 3.05) is 0 Å². The van der Waals surface area contributed by atoms with E-state index in [4.69, 9.17) is 4.74 Å². The Hall–Kier alpha value is -0.390. The smallest absolute Gasteiger partial charge is 0.0738 e. The molecular weight excluding hydrogens is 320 g/mol. The van der Waals surface area contributed by atoms with E-state index in [-0.39, 0.29) is 18.1 Å². The molecule has 2 rings (SSSR count). The zero-order valence-electron chi connectivity index (χ0n) is 12.9. The molecule has 1 aromatic rings. The van der Waals surface area contributed by atoms with Crippen molar-refractivity contribution in [2.45, 2.75) is 65.9 Å². The number of hydrogen-bond acceptors (Lipinski definition) is 3. The van der Waals surface area contributed by atoms with Crippen molar-refractivity contribution in [1.82, 2.24) is 9.78 Å². The van der Waals surface area contributed by atoms with Crippen molar-refractivity contribution in [2.24, 2.45) is 11.8 Å². The highest BCUT2D eigenvalue weighted by Gasteiger charge is 2.41. The SMILES string of the molecule is CCn1nc(C)c(Br)c1CC(O)C1C(C)OC(C)C1C. The van der Waals surface area contributed by atoms with Gasteiger partial charge in [-0.15, -0.1) is 0 Å². The van der Waals surface area contributed by atoms with Crippen LogP contribution >= 0.6 is 15.9 Å². The minimum Gasteiger partial charge on any atom is -0.392 e. The molecule has 0 saturated carbocycles. The van der Waals surface area contributed by atoms with Gasteiger partial charge in [0.2, 0.25) is 0 Å². The highest BCUT2D eigenvalue weighted by molar-refractivity contribution is 9.10. The van der Waals surface area contributed by atoms with E-state index >= 15 is 0 Å². The van der Waals surface area contributed by atoms with Crippen LogP contribution in [0.25, 0.3) is 0 Å². The van der Waals surface area contributed by atoms with Crippen molar-refractivity contribution >= 4 is 15.9 Å². The summed E-state index contributed by atoms with van der Waals surface area (Å²) < 4.78 is 8.83. The molecule has 0 aliphatic carbocycles. The molecule has 1 aliphatic rings. The number of aromatic nitrogens is 2. The number of aliphatic hydroxyl groups excluding tert-OH is 1. The molecule has 5 unspecified atom stereocenters. The lowest BCUT2D eigenvalue weighted by Gasteiger charge is -2.25. The fourth-order valence-electron chi connectivity index (χ4n) is 3.36. The molecule has 114 valence electrons. The van der Waals surface area contributed by atoms with Gasteiger partial charge in [0.05, 0.1) is 34.2 Å². The first-order valence-corrected chi connectivity index (χ1v) is 8.21. The Morgan fingerprint density at radius 1 is 1.35 bits per heavy atom. The third-order valence-electron chi connectivity index (χ3n) is 4.62. The molecule has 1 saturated heterocycles. The molecular formula is C15H25BrN2O2. The summed E-state index contributed by atoms with van der Waals surface area (Å²) in [5.74, 6) is 0.551. The maximum absolute atomic E-state index is 10.7. The van der Waals surface area contributed by atoms with Gasteiger partial charge in [-0.05, 0) is 49.5 Å². The summed E-state index contributed by atoms with van der Waals surface area (Å²) in [7, 11) is 0. The van der Waals surface area contributed by atoms with Crippen molar-refractivity contribution in [3.63, 3.8) is 0 Å². The molecule has 0 bridgehead atoms. The van der Waals surface area contributed by atoms with Crippen LogP contribution < -0.4 is 0 Å². The second kappa shape index (κ2) is 6.16. The zero-order valence-corrected chi connectivity index (χ0v) is 14.5. The van der Waals surface area contributed by atoms with Gasteiger partial charge in [-0.2, -0.15) is 5.10 Å². The summed E-state index contributed by atoms with van der Waals surface area (Å²) in [6.07, 6.45) is 0.534. The fourth-order valence-corrected chi connectivity index (χ4v) is 3.80. The molecule has 4 nitrogen and oxygen atoms in total. The average Bonchev–Trinajstić information content (AvgIpc) is 2.80. The summed E-state index contributed by atoms with van der Waals surface area (Å²) in [6.45, 7) is 11.2. The monoisotopic (exact) mass is 344 g/mol. The number of nitrogens with zero attached hydrogens (tertiary/aromatic N) is 2. The van der Waals surface area contributed by atoms with E-state index in [0.29, 0.717) is 12.3 Å². The predicted octanol–water partition coefficient (Wildman–Crippen LogP) is 2.94. The van der Waals surface area contributed by atoms with E-state index in [2.05, 4.69) is 48.7 Å². The second-order valence-corrected chi connectivity index (χ2v) is 6.71. The third-order valence-corrected chi connectivity index (χ3v) is 5.65. The molecule has 1 aromatic heterocycles. The van der Waals surface area contributed by atoms with Gasteiger partial charge in [-0.1, -0.05) is 6.92 Å². The number of halogens is 1. The highest BCUT2D eigenvalue weighted by Crippen LogP contribution is 2.36. The van der Waals surface area contributed by atoms with Crippen molar-refractivity contribution in [1.29, 1.82) is 0 Å². The Balaban J connectivity index is 2.18. The minimum absolute atomic E-state index is 0.105. The van der Waals surface area contributed by atoms with E-state index in [1.165, 1.54) is 0 Å². The first-order chi connectivity index (χ1) is 9.36. The first kappa shape index (κ1) is 16.0. The van der Waals surface area contributed by atoms with Gasteiger partial charge in [0.15, 0.2) is 0 Å². The van der Waals surface area contributed by atoms with Gasteiger partial charge < -0.3 is 9.84 Å². The lowest BCUT2D eigenvalue weighted by molar-refractivity contribution is 0.0233. The topological polar surface area (TPSA) is 47.3 Å². The number of aliphatic hydroxyl groups is 1. The zero-order chi connectivity index (χ0) is 15.0. The number of hydrogen-bond donors (Lipinski definition) is 1. The lowest BCUT2D eigenvalue weighted by atomic mass is 9.83. The predicted molar refractivity (Wildman–Crippen MR) is 82.7 cm³/mol. The Morgan fingerprint density at radius 3 is 2.50 bits per heavy atom. The number of aryl methyl sites for hydroxylation is 2. The van der Waals surface area contributed by atoms with Crippen molar-refractivity contribution in [3.8, 4) is 0 Å². The van der Waals surface area contributed by atoms with Gasteiger partial charge >= 0.3 is 0 Å². The summed E-state index contributed by atoms with van der Waals surface area (Å²) in [4.78, 5) is 0.